The number of hydrogen-bond donors (Lipinski definition) is 2. The van der Waals surface area contributed by atoms with E-state index in [1.54, 1.807) is 6.07 Å². The summed E-state index contributed by atoms with van der Waals surface area (Å²) >= 11 is 0. The van der Waals surface area contributed by atoms with Crippen molar-refractivity contribution in [3.63, 3.8) is 0 Å². The van der Waals surface area contributed by atoms with Gasteiger partial charge in [-0.25, -0.2) is 4.39 Å². The average Bonchev–Trinajstić information content (AvgIpc) is 2.37. The van der Waals surface area contributed by atoms with Gasteiger partial charge in [-0.05, 0) is 38.5 Å². The third-order valence-electron chi connectivity index (χ3n) is 2.54. The van der Waals surface area contributed by atoms with Crippen LogP contribution in [0.5, 0.6) is 5.75 Å². The first-order valence-electron chi connectivity index (χ1n) is 6.77. The van der Waals surface area contributed by atoms with Crippen LogP contribution in [-0.4, -0.2) is 37.1 Å². The van der Waals surface area contributed by atoms with Crippen molar-refractivity contribution in [1.82, 2.24) is 5.32 Å². The summed E-state index contributed by atoms with van der Waals surface area (Å²) in [6.07, 6.45) is 0. The molecule has 0 amide bonds. The van der Waals surface area contributed by atoms with E-state index < -0.39 is 0 Å². The molecule has 1 rings (SSSR count). The van der Waals surface area contributed by atoms with Crippen LogP contribution in [0.15, 0.2) is 18.2 Å². The van der Waals surface area contributed by atoms with Crippen LogP contribution in [0.4, 0.5) is 4.39 Å². The lowest BCUT2D eigenvalue weighted by Crippen LogP contribution is -2.35. The molecule has 0 atom stereocenters. The fourth-order valence-electron chi connectivity index (χ4n) is 1.52. The number of aliphatic hydroxyl groups is 1. The van der Waals surface area contributed by atoms with Crippen LogP contribution < -0.4 is 10.1 Å². The first kappa shape index (κ1) is 16.9. The molecule has 20 heavy (non-hydrogen) atoms. The quantitative estimate of drug-likeness (QED) is 0.718. The van der Waals surface area contributed by atoms with Crippen molar-refractivity contribution in [3.05, 3.63) is 29.6 Å². The Hall–Kier alpha value is -1.17. The zero-order chi connectivity index (χ0) is 15.0. The normalized spacial score (nSPS) is 11.7. The summed E-state index contributed by atoms with van der Waals surface area (Å²) in [4.78, 5) is 0. The molecule has 0 heterocycles. The number of nitrogens with one attached hydrogen (secondary N) is 1. The highest BCUT2D eigenvalue weighted by Gasteiger charge is 2.10. The van der Waals surface area contributed by atoms with E-state index in [0.717, 1.165) is 5.56 Å². The Kier molecular flexibility index (Phi) is 6.91. The third-order valence-corrected chi connectivity index (χ3v) is 2.54. The fourth-order valence-corrected chi connectivity index (χ4v) is 1.52. The zero-order valence-electron chi connectivity index (χ0n) is 12.4. The van der Waals surface area contributed by atoms with Crippen molar-refractivity contribution in [2.75, 3.05) is 26.4 Å². The maximum atomic E-state index is 13.8. The van der Waals surface area contributed by atoms with Gasteiger partial charge in [-0.3, -0.25) is 0 Å². The molecule has 0 aliphatic rings. The second-order valence-electron chi connectivity index (χ2n) is 5.55. The van der Waals surface area contributed by atoms with Crippen molar-refractivity contribution in [2.45, 2.75) is 32.9 Å². The van der Waals surface area contributed by atoms with Gasteiger partial charge in [-0.15, -0.1) is 0 Å². The standard InChI is InChI=1S/C15H24FNO3/c1-15(2,3)17-11-12-4-5-14(13(16)10-12)20-9-8-19-7-6-18/h4-5,10,17-18H,6-9,11H2,1-3H3. The molecule has 4 nitrogen and oxygen atoms in total. The van der Waals surface area contributed by atoms with Gasteiger partial charge in [0, 0.05) is 12.1 Å². The number of aliphatic hydroxyl groups excluding tert-OH is 1. The topological polar surface area (TPSA) is 50.7 Å². The van der Waals surface area contributed by atoms with Crippen LogP contribution in [0.25, 0.3) is 0 Å². The van der Waals surface area contributed by atoms with Crippen LogP contribution in [0.1, 0.15) is 26.3 Å². The van der Waals surface area contributed by atoms with E-state index in [1.807, 2.05) is 6.07 Å². The zero-order valence-corrected chi connectivity index (χ0v) is 12.4. The minimum atomic E-state index is -0.375. The molecule has 0 spiro atoms. The fraction of sp³-hybridized carbons (Fsp3) is 0.600. The molecule has 0 aliphatic heterocycles. The van der Waals surface area contributed by atoms with E-state index in [4.69, 9.17) is 14.6 Å². The van der Waals surface area contributed by atoms with Crippen LogP contribution in [0.2, 0.25) is 0 Å². The highest BCUT2D eigenvalue weighted by Crippen LogP contribution is 2.18. The van der Waals surface area contributed by atoms with Gasteiger partial charge in [0.2, 0.25) is 0 Å². The van der Waals surface area contributed by atoms with E-state index in [0.29, 0.717) is 13.2 Å². The Morgan fingerprint density at radius 1 is 1.20 bits per heavy atom. The smallest absolute Gasteiger partial charge is 0.165 e. The Morgan fingerprint density at radius 2 is 1.95 bits per heavy atom. The van der Waals surface area contributed by atoms with Crippen LogP contribution >= 0.6 is 0 Å². The van der Waals surface area contributed by atoms with Crippen molar-refractivity contribution in [1.29, 1.82) is 0 Å². The second kappa shape index (κ2) is 8.19. The molecular formula is C15H24FNO3. The number of halogens is 1. The largest absolute Gasteiger partial charge is 0.488 e. The van der Waals surface area contributed by atoms with Crippen LogP contribution in [0, 0.1) is 5.82 Å². The molecule has 1 aromatic carbocycles. The van der Waals surface area contributed by atoms with Gasteiger partial charge in [0.1, 0.15) is 6.61 Å². The van der Waals surface area contributed by atoms with E-state index >= 15 is 0 Å². The van der Waals surface area contributed by atoms with Gasteiger partial charge in [0.15, 0.2) is 11.6 Å². The third kappa shape index (κ3) is 6.84. The monoisotopic (exact) mass is 285 g/mol. The molecule has 0 saturated heterocycles. The highest BCUT2D eigenvalue weighted by atomic mass is 19.1. The molecule has 0 unspecified atom stereocenters. The average molecular weight is 285 g/mol. The lowest BCUT2D eigenvalue weighted by atomic mass is 10.1. The van der Waals surface area contributed by atoms with Gasteiger partial charge in [0.05, 0.1) is 19.8 Å². The lowest BCUT2D eigenvalue weighted by Gasteiger charge is -2.20. The van der Waals surface area contributed by atoms with E-state index in [9.17, 15) is 4.39 Å². The summed E-state index contributed by atoms with van der Waals surface area (Å²) < 4.78 is 24.1. The van der Waals surface area contributed by atoms with Crippen molar-refractivity contribution >= 4 is 0 Å². The molecule has 5 heteroatoms. The van der Waals surface area contributed by atoms with Gasteiger partial charge < -0.3 is 19.9 Å². The summed E-state index contributed by atoms with van der Waals surface area (Å²) in [6, 6.07) is 4.94. The van der Waals surface area contributed by atoms with Gasteiger partial charge in [-0.1, -0.05) is 6.07 Å². The number of hydrogen-bond acceptors (Lipinski definition) is 4. The highest BCUT2D eigenvalue weighted by molar-refractivity contribution is 5.29. The summed E-state index contributed by atoms with van der Waals surface area (Å²) in [5, 5.41) is 11.8. The van der Waals surface area contributed by atoms with Gasteiger partial charge in [0.25, 0.3) is 0 Å². The summed E-state index contributed by atoms with van der Waals surface area (Å²) in [5.41, 5.74) is 0.872. The summed E-state index contributed by atoms with van der Waals surface area (Å²) in [5.74, 6) is -0.155. The van der Waals surface area contributed by atoms with Gasteiger partial charge >= 0.3 is 0 Å². The maximum absolute atomic E-state index is 13.8. The maximum Gasteiger partial charge on any atom is 0.165 e. The van der Waals surface area contributed by atoms with Crippen molar-refractivity contribution < 1.29 is 19.0 Å². The molecule has 0 saturated carbocycles. The van der Waals surface area contributed by atoms with E-state index in [-0.39, 0.29) is 36.9 Å². The minimum Gasteiger partial charge on any atom is -0.488 e. The molecule has 2 N–H and O–H groups in total. The summed E-state index contributed by atoms with van der Waals surface area (Å²) in [7, 11) is 0. The van der Waals surface area contributed by atoms with E-state index in [2.05, 4.69) is 26.1 Å². The Labute approximate surface area is 119 Å². The molecule has 0 aliphatic carbocycles. The van der Waals surface area contributed by atoms with E-state index in [1.165, 1.54) is 6.07 Å². The molecular weight excluding hydrogens is 261 g/mol. The first-order valence-corrected chi connectivity index (χ1v) is 6.77. The molecule has 0 bridgehead atoms. The van der Waals surface area contributed by atoms with Gasteiger partial charge in [-0.2, -0.15) is 0 Å². The van der Waals surface area contributed by atoms with Crippen LogP contribution in [0.3, 0.4) is 0 Å². The minimum absolute atomic E-state index is 0.00427. The lowest BCUT2D eigenvalue weighted by molar-refractivity contribution is 0.0696. The number of rotatable bonds is 8. The number of ether oxygens (including phenoxy) is 2. The predicted octanol–water partition coefficient (Wildman–Crippen LogP) is 2.10. The first-order chi connectivity index (χ1) is 9.42. The molecule has 114 valence electrons. The Balaban J connectivity index is 2.43. The van der Waals surface area contributed by atoms with Crippen molar-refractivity contribution in [2.24, 2.45) is 0 Å². The SMILES string of the molecule is CC(C)(C)NCc1ccc(OCCOCCO)c(F)c1. The predicted molar refractivity (Wildman–Crippen MR) is 76.4 cm³/mol. The Morgan fingerprint density at radius 3 is 2.55 bits per heavy atom. The summed E-state index contributed by atoms with van der Waals surface area (Å²) in [6.45, 7) is 7.63. The molecule has 1 aromatic rings. The second-order valence-corrected chi connectivity index (χ2v) is 5.55. The molecule has 0 fully saturated rings. The van der Waals surface area contributed by atoms with Crippen molar-refractivity contribution in [3.8, 4) is 5.75 Å². The van der Waals surface area contributed by atoms with Crippen LogP contribution in [-0.2, 0) is 11.3 Å². The molecule has 0 aromatic heterocycles. The Bertz CT molecular complexity index is 405. The number of benzene rings is 1. The molecule has 0 radical (unpaired) electrons.